The second-order valence-electron chi connectivity index (χ2n) is 4.63. The van der Waals surface area contributed by atoms with Crippen molar-refractivity contribution in [2.75, 3.05) is 25.5 Å². The predicted molar refractivity (Wildman–Crippen MR) is 69.2 cm³/mol. The maximum absolute atomic E-state index is 12.2. The number of rotatable bonds is 6. The first kappa shape index (κ1) is 14.1. The molecule has 1 saturated heterocycles. The lowest BCUT2D eigenvalue weighted by atomic mass is 10.1. The zero-order chi connectivity index (χ0) is 12.0. The van der Waals surface area contributed by atoms with Gasteiger partial charge in [0.1, 0.15) is 0 Å². The van der Waals surface area contributed by atoms with Crippen LogP contribution in [0.5, 0.6) is 0 Å². The lowest BCUT2D eigenvalue weighted by molar-refractivity contribution is 0.0824. The van der Waals surface area contributed by atoms with E-state index in [9.17, 15) is 4.21 Å². The first-order valence-electron chi connectivity index (χ1n) is 6.37. The molecule has 4 heteroatoms. The van der Waals surface area contributed by atoms with E-state index in [0.29, 0.717) is 18.6 Å². The molecule has 0 aliphatic carbocycles. The molecule has 0 saturated carbocycles. The second kappa shape index (κ2) is 7.41. The van der Waals surface area contributed by atoms with Crippen LogP contribution in [0.25, 0.3) is 0 Å². The summed E-state index contributed by atoms with van der Waals surface area (Å²) in [6, 6.07) is 0.378. The van der Waals surface area contributed by atoms with Crippen molar-refractivity contribution in [3.05, 3.63) is 0 Å². The van der Waals surface area contributed by atoms with Crippen LogP contribution >= 0.6 is 0 Å². The topological polar surface area (TPSA) is 38.3 Å². The molecule has 0 amide bonds. The van der Waals surface area contributed by atoms with Crippen molar-refractivity contribution >= 4 is 10.8 Å². The average Bonchev–Trinajstić information content (AvgIpc) is 2.30. The Kier molecular flexibility index (Phi) is 6.54. The number of hydrogen-bond donors (Lipinski definition) is 1. The molecule has 16 heavy (non-hydrogen) atoms. The Morgan fingerprint density at radius 2 is 2.25 bits per heavy atom. The van der Waals surface area contributed by atoms with Crippen LogP contribution in [0.2, 0.25) is 0 Å². The molecule has 3 nitrogen and oxygen atoms in total. The monoisotopic (exact) mass is 247 g/mol. The lowest BCUT2D eigenvalue weighted by Gasteiger charge is -2.32. The van der Waals surface area contributed by atoms with Crippen LogP contribution in [0.4, 0.5) is 0 Å². The van der Waals surface area contributed by atoms with E-state index >= 15 is 0 Å². The Labute approximate surface area is 102 Å². The fraction of sp³-hybridized carbons (Fsp3) is 1.00. The van der Waals surface area contributed by atoms with Crippen molar-refractivity contribution in [3.8, 4) is 0 Å². The van der Waals surface area contributed by atoms with Crippen molar-refractivity contribution in [2.24, 2.45) is 5.92 Å². The highest BCUT2D eigenvalue weighted by atomic mass is 32.2. The molecule has 1 fully saturated rings. The van der Waals surface area contributed by atoms with Crippen molar-refractivity contribution in [1.29, 1.82) is 0 Å². The predicted octanol–water partition coefficient (Wildman–Crippen LogP) is 1.55. The van der Waals surface area contributed by atoms with Gasteiger partial charge in [-0.2, -0.15) is 0 Å². The van der Waals surface area contributed by atoms with Gasteiger partial charge in [-0.15, -0.1) is 0 Å². The lowest BCUT2D eigenvalue weighted by Crippen LogP contribution is -2.49. The SMILES string of the molecule is CCNC1CCOCC1S(=O)CC(C)CC. The molecule has 1 aliphatic heterocycles. The third-order valence-electron chi connectivity index (χ3n) is 3.25. The maximum Gasteiger partial charge on any atom is 0.0735 e. The fourth-order valence-corrected chi connectivity index (χ4v) is 3.88. The quantitative estimate of drug-likeness (QED) is 0.774. The van der Waals surface area contributed by atoms with E-state index in [2.05, 4.69) is 26.1 Å². The van der Waals surface area contributed by atoms with Gasteiger partial charge in [-0.25, -0.2) is 0 Å². The number of hydrogen-bond acceptors (Lipinski definition) is 3. The van der Waals surface area contributed by atoms with E-state index in [1.807, 2.05) is 0 Å². The Hall–Kier alpha value is 0.0700. The molecule has 4 unspecified atom stereocenters. The highest BCUT2D eigenvalue weighted by Crippen LogP contribution is 2.16. The van der Waals surface area contributed by atoms with Crippen molar-refractivity contribution in [2.45, 2.75) is 44.9 Å². The van der Waals surface area contributed by atoms with E-state index in [1.165, 1.54) is 0 Å². The summed E-state index contributed by atoms with van der Waals surface area (Å²) in [6.45, 7) is 8.83. The minimum atomic E-state index is -0.755. The minimum absolute atomic E-state index is 0.183. The fourth-order valence-electron chi connectivity index (χ4n) is 1.99. The van der Waals surface area contributed by atoms with Gasteiger partial charge >= 0.3 is 0 Å². The third kappa shape index (κ3) is 4.15. The van der Waals surface area contributed by atoms with Gasteiger partial charge in [-0.1, -0.05) is 27.2 Å². The average molecular weight is 247 g/mol. The molecule has 0 bridgehead atoms. The Balaban J connectivity index is 2.50. The molecular weight excluding hydrogens is 222 g/mol. The Bertz CT molecular complexity index is 221. The van der Waals surface area contributed by atoms with Gasteiger partial charge in [-0.05, 0) is 18.9 Å². The summed E-state index contributed by atoms with van der Waals surface area (Å²) < 4.78 is 17.7. The summed E-state index contributed by atoms with van der Waals surface area (Å²) in [5, 5.41) is 3.62. The molecular formula is C12H25NO2S. The summed E-state index contributed by atoms with van der Waals surface area (Å²) in [6.07, 6.45) is 2.09. The molecule has 1 rings (SSSR count). The van der Waals surface area contributed by atoms with Gasteiger partial charge in [0.25, 0.3) is 0 Å². The largest absolute Gasteiger partial charge is 0.380 e. The zero-order valence-electron chi connectivity index (χ0n) is 10.7. The van der Waals surface area contributed by atoms with Crippen LogP contribution in [-0.4, -0.2) is 41.0 Å². The van der Waals surface area contributed by atoms with Crippen molar-refractivity contribution in [1.82, 2.24) is 5.32 Å². The molecule has 0 radical (unpaired) electrons. The summed E-state index contributed by atoms with van der Waals surface area (Å²) >= 11 is 0. The third-order valence-corrected chi connectivity index (χ3v) is 5.29. The van der Waals surface area contributed by atoms with Crippen molar-refractivity contribution in [3.63, 3.8) is 0 Å². The molecule has 1 heterocycles. The first-order valence-corrected chi connectivity index (χ1v) is 7.75. The Morgan fingerprint density at radius 3 is 2.88 bits per heavy atom. The standard InChI is InChI=1S/C12H25NO2S/c1-4-10(3)9-16(14)12-8-15-7-6-11(12)13-5-2/h10-13H,4-9H2,1-3H3. The van der Waals surface area contributed by atoms with Crippen LogP contribution in [0, 0.1) is 5.92 Å². The number of nitrogens with one attached hydrogen (secondary N) is 1. The zero-order valence-corrected chi connectivity index (χ0v) is 11.5. The minimum Gasteiger partial charge on any atom is -0.380 e. The Morgan fingerprint density at radius 1 is 1.50 bits per heavy atom. The van der Waals surface area contributed by atoms with Crippen molar-refractivity contribution < 1.29 is 8.95 Å². The van der Waals surface area contributed by atoms with Gasteiger partial charge in [0.15, 0.2) is 0 Å². The van der Waals surface area contributed by atoms with E-state index in [4.69, 9.17) is 4.74 Å². The molecule has 4 atom stereocenters. The van der Waals surface area contributed by atoms with Crippen LogP contribution < -0.4 is 5.32 Å². The first-order chi connectivity index (χ1) is 7.69. The van der Waals surface area contributed by atoms with Gasteiger partial charge in [-0.3, -0.25) is 4.21 Å². The smallest absolute Gasteiger partial charge is 0.0735 e. The van der Waals surface area contributed by atoms with E-state index in [-0.39, 0.29) is 5.25 Å². The van der Waals surface area contributed by atoms with Crippen LogP contribution in [0.1, 0.15) is 33.6 Å². The molecule has 0 aromatic rings. The molecule has 1 aliphatic rings. The highest BCUT2D eigenvalue weighted by molar-refractivity contribution is 7.85. The van der Waals surface area contributed by atoms with E-state index in [1.54, 1.807) is 0 Å². The summed E-state index contributed by atoms with van der Waals surface area (Å²) in [7, 11) is -0.755. The molecule has 1 N–H and O–H groups in total. The summed E-state index contributed by atoms with van der Waals surface area (Å²) in [5.41, 5.74) is 0. The molecule has 96 valence electrons. The maximum atomic E-state index is 12.2. The van der Waals surface area contributed by atoms with E-state index < -0.39 is 10.8 Å². The van der Waals surface area contributed by atoms with Gasteiger partial charge in [0.05, 0.1) is 11.9 Å². The summed E-state index contributed by atoms with van der Waals surface area (Å²) in [4.78, 5) is 0. The summed E-state index contributed by atoms with van der Waals surface area (Å²) in [5.74, 6) is 1.36. The van der Waals surface area contributed by atoms with Gasteiger partial charge < -0.3 is 10.1 Å². The molecule has 0 aromatic heterocycles. The molecule has 0 aromatic carbocycles. The van der Waals surface area contributed by atoms with E-state index in [0.717, 1.165) is 31.7 Å². The highest BCUT2D eigenvalue weighted by Gasteiger charge is 2.30. The van der Waals surface area contributed by atoms with Gasteiger partial charge in [0, 0.05) is 29.2 Å². The second-order valence-corrected chi connectivity index (χ2v) is 6.33. The molecule has 0 spiro atoms. The van der Waals surface area contributed by atoms with Crippen LogP contribution in [-0.2, 0) is 15.5 Å². The normalized spacial score (nSPS) is 29.9. The number of ether oxygens (including phenoxy) is 1. The van der Waals surface area contributed by atoms with Crippen LogP contribution in [0.15, 0.2) is 0 Å². The van der Waals surface area contributed by atoms with Crippen LogP contribution in [0.3, 0.4) is 0 Å². The van der Waals surface area contributed by atoms with Gasteiger partial charge in [0.2, 0.25) is 0 Å².